The van der Waals surface area contributed by atoms with Crippen LogP contribution in [0.25, 0.3) is 22.8 Å². The van der Waals surface area contributed by atoms with E-state index in [-0.39, 0.29) is 0 Å². The van der Waals surface area contributed by atoms with E-state index in [1.165, 1.54) is 0 Å². The zero-order valence-electron chi connectivity index (χ0n) is 13.0. The molecule has 0 aliphatic rings. The SMILES string of the molecule is c1ccc(-c2ccc(Oc3ccc(-c4ccccn4)nn3)nn2)nc1. The van der Waals surface area contributed by atoms with E-state index in [9.17, 15) is 0 Å². The van der Waals surface area contributed by atoms with E-state index >= 15 is 0 Å². The fourth-order valence-corrected chi connectivity index (χ4v) is 2.16. The maximum atomic E-state index is 5.57. The molecular weight excluding hydrogens is 316 g/mol. The average Bonchev–Trinajstić information content (AvgIpc) is 2.71. The van der Waals surface area contributed by atoms with E-state index < -0.39 is 0 Å². The minimum atomic E-state index is 0.333. The Morgan fingerprint density at radius 2 is 1.00 bits per heavy atom. The maximum Gasteiger partial charge on any atom is 0.240 e. The van der Waals surface area contributed by atoms with Gasteiger partial charge in [0, 0.05) is 24.5 Å². The first-order chi connectivity index (χ1) is 12.4. The van der Waals surface area contributed by atoms with E-state index in [0.717, 1.165) is 11.4 Å². The molecule has 0 spiro atoms. The standard InChI is InChI=1S/C18H12N6O/c1-3-11-19-13(5-1)15-7-9-17(23-21-15)25-18-10-8-16(22-24-18)14-6-2-4-12-20-14/h1-12H. The van der Waals surface area contributed by atoms with Gasteiger partial charge in [-0.05, 0) is 36.4 Å². The highest BCUT2D eigenvalue weighted by molar-refractivity contribution is 5.54. The van der Waals surface area contributed by atoms with Gasteiger partial charge in [-0.3, -0.25) is 9.97 Å². The van der Waals surface area contributed by atoms with Crippen molar-refractivity contribution in [2.75, 3.05) is 0 Å². The lowest BCUT2D eigenvalue weighted by Crippen LogP contribution is -1.96. The molecule has 4 heterocycles. The number of hydrogen-bond donors (Lipinski definition) is 0. The number of hydrogen-bond acceptors (Lipinski definition) is 7. The molecule has 0 aromatic carbocycles. The molecule has 120 valence electrons. The van der Waals surface area contributed by atoms with Crippen molar-refractivity contribution >= 4 is 0 Å². The fourth-order valence-electron chi connectivity index (χ4n) is 2.16. The normalized spacial score (nSPS) is 10.4. The Hall–Kier alpha value is -3.74. The van der Waals surface area contributed by atoms with Gasteiger partial charge < -0.3 is 4.74 Å². The third-order valence-electron chi connectivity index (χ3n) is 3.34. The largest absolute Gasteiger partial charge is 0.417 e. The molecule has 4 aromatic heterocycles. The highest BCUT2D eigenvalue weighted by Gasteiger charge is 2.06. The predicted molar refractivity (Wildman–Crippen MR) is 90.6 cm³/mol. The first kappa shape index (κ1) is 14.8. The lowest BCUT2D eigenvalue weighted by atomic mass is 10.2. The number of ether oxygens (including phenoxy) is 1. The third kappa shape index (κ3) is 3.45. The summed E-state index contributed by atoms with van der Waals surface area (Å²) in [5, 5.41) is 16.3. The van der Waals surface area contributed by atoms with Gasteiger partial charge in [-0.15, -0.1) is 20.4 Å². The van der Waals surface area contributed by atoms with Gasteiger partial charge in [-0.1, -0.05) is 12.1 Å². The second kappa shape index (κ2) is 6.79. The van der Waals surface area contributed by atoms with Crippen molar-refractivity contribution < 1.29 is 4.74 Å². The second-order valence-corrected chi connectivity index (χ2v) is 5.05. The van der Waals surface area contributed by atoms with Crippen molar-refractivity contribution in [3.05, 3.63) is 73.1 Å². The molecule has 0 saturated heterocycles. The van der Waals surface area contributed by atoms with Crippen molar-refractivity contribution in [1.82, 2.24) is 30.4 Å². The minimum Gasteiger partial charge on any atom is -0.417 e. The van der Waals surface area contributed by atoms with E-state index in [1.54, 1.807) is 36.7 Å². The molecule has 0 radical (unpaired) electrons. The Bertz CT molecular complexity index is 863. The summed E-state index contributed by atoms with van der Waals surface area (Å²) in [7, 11) is 0. The number of aromatic nitrogens is 6. The van der Waals surface area contributed by atoms with Crippen LogP contribution in [0.2, 0.25) is 0 Å². The molecule has 7 nitrogen and oxygen atoms in total. The molecule has 0 unspecified atom stereocenters. The molecule has 4 rings (SSSR count). The summed E-state index contributed by atoms with van der Waals surface area (Å²) >= 11 is 0. The maximum absolute atomic E-state index is 5.57. The summed E-state index contributed by atoms with van der Waals surface area (Å²) in [5.41, 5.74) is 2.84. The number of pyridine rings is 2. The summed E-state index contributed by atoms with van der Waals surface area (Å²) in [5.74, 6) is 0.666. The van der Waals surface area contributed by atoms with Crippen molar-refractivity contribution in [1.29, 1.82) is 0 Å². The van der Waals surface area contributed by atoms with Gasteiger partial charge in [0.2, 0.25) is 11.8 Å². The first-order valence-electron chi connectivity index (χ1n) is 7.57. The Labute approximate surface area is 143 Å². The second-order valence-electron chi connectivity index (χ2n) is 5.05. The quantitative estimate of drug-likeness (QED) is 0.568. The fraction of sp³-hybridized carbons (Fsp3) is 0. The average molecular weight is 328 g/mol. The lowest BCUT2D eigenvalue weighted by Gasteiger charge is -2.04. The van der Waals surface area contributed by atoms with Crippen molar-refractivity contribution in [3.63, 3.8) is 0 Å². The van der Waals surface area contributed by atoms with Crippen molar-refractivity contribution in [3.8, 4) is 34.5 Å². The molecule has 0 atom stereocenters. The Kier molecular flexibility index (Phi) is 4.03. The zero-order chi connectivity index (χ0) is 16.9. The van der Waals surface area contributed by atoms with E-state index in [1.807, 2.05) is 36.4 Å². The zero-order valence-corrected chi connectivity index (χ0v) is 13.0. The van der Waals surface area contributed by atoms with Crippen LogP contribution >= 0.6 is 0 Å². The summed E-state index contributed by atoms with van der Waals surface area (Å²) in [4.78, 5) is 8.46. The monoisotopic (exact) mass is 328 g/mol. The van der Waals surface area contributed by atoms with Gasteiger partial charge in [-0.25, -0.2) is 0 Å². The summed E-state index contributed by atoms with van der Waals surface area (Å²) in [6.45, 7) is 0. The van der Waals surface area contributed by atoms with Crippen LogP contribution in [0.15, 0.2) is 73.1 Å². The number of rotatable bonds is 4. The number of nitrogens with zero attached hydrogens (tertiary/aromatic N) is 6. The van der Waals surface area contributed by atoms with Gasteiger partial charge in [0.25, 0.3) is 0 Å². The summed E-state index contributed by atoms with van der Waals surface area (Å²) < 4.78 is 5.57. The van der Waals surface area contributed by atoms with Crippen LogP contribution in [0.1, 0.15) is 0 Å². The van der Waals surface area contributed by atoms with Gasteiger partial charge in [-0.2, -0.15) is 0 Å². The molecule has 0 saturated carbocycles. The molecule has 0 bridgehead atoms. The van der Waals surface area contributed by atoms with Crippen LogP contribution in [0.4, 0.5) is 0 Å². The van der Waals surface area contributed by atoms with E-state index in [0.29, 0.717) is 23.1 Å². The van der Waals surface area contributed by atoms with Crippen LogP contribution < -0.4 is 4.74 Å². The topological polar surface area (TPSA) is 86.6 Å². The summed E-state index contributed by atoms with van der Waals surface area (Å²) in [6, 6.07) is 18.2. The van der Waals surface area contributed by atoms with Crippen LogP contribution in [-0.4, -0.2) is 30.4 Å². The Morgan fingerprint density at radius 3 is 1.36 bits per heavy atom. The lowest BCUT2D eigenvalue weighted by molar-refractivity contribution is 0.431. The minimum absolute atomic E-state index is 0.333. The Balaban J connectivity index is 1.49. The molecule has 4 aromatic rings. The van der Waals surface area contributed by atoms with Crippen LogP contribution in [0.5, 0.6) is 11.8 Å². The van der Waals surface area contributed by atoms with Gasteiger partial charge in [0.05, 0.1) is 11.4 Å². The molecular formula is C18H12N6O. The molecule has 25 heavy (non-hydrogen) atoms. The molecule has 0 fully saturated rings. The Morgan fingerprint density at radius 1 is 0.480 bits per heavy atom. The molecule has 0 N–H and O–H groups in total. The van der Waals surface area contributed by atoms with Crippen LogP contribution in [0.3, 0.4) is 0 Å². The van der Waals surface area contributed by atoms with Gasteiger partial charge in [0.15, 0.2) is 0 Å². The smallest absolute Gasteiger partial charge is 0.240 e. The third-order valence-corrected chi connectivity index (χ3v) is 3.34. The first-order valence-corrected chi connectivity index (χ1v) is 7.57. The van der Waals surface area contributed by atoms with Crippen molar-refractivity contribution in [2.24, 2.45) is 0 Å². The highest BCUT2D eigenvalue weighted by Crippen LogP contribution is 2.20. The van der Waals surface area contributed by atoms with Gasteiger partial charge in [0.1, 0.15) is 11.4 Å². The molecule has 7 heteroatoms. The van der Waals surface area contributed by atoms with Gasteiger partial charge >= 0.3 is 0 Å². The van der Waals surface area contributed by atoms with Crippen LogP contribution in [0, 0.1) is 0 Å². The predicted octanol–water partition coefficient (Wildman–Crippen LogP) is 3.18. The van der Waals surface area contributed by atoms with Crippen LogP contribution in [-0.2, 0) is 0 Å². The highest BCUT2D eigenvalue weighted by atomic mass is 16.5. The van der Waals surface area contributed by atoms with E-state index in [4.69, 9.17) is 4.74 Å². The molecule has 0 aliphatic heterocycles. The van der Waals surface area contributed by atoms with Crippen molar-refractivity contribution in [2.45, 2.75) is 0 Å². The molecule has 0 aliphatic carbocycles. The summed E-state index contributed by atoms with van der Waals surface area (Å²) in [6.07, 6.45) is 3.42. The molecule has 0 amide bonds. The van der Waals surface area contributed by atoms with E-state index in [2.05, 4.69) is 30.4 Å².